The second kappa shape index (κ2) is 9.76. The van der Waals surface area contributed by atoms with E-state index in [2.05, 4.69) is 15.8 Å². The molecule has 5 nitrogen and oxygen atoms in total. The van der Waals surface area contributed by atoms with E-state index in [9.17, 15) is 9.59 Å². The van der Waals surface area contributed by atoms with Gasteiger partial charge in [0.05, 0.1) is 16.3 Å². The Morgan fingerprint density at radius 3 is 2.20 bits per heavy atom. The molecule has 0 aliphatic carbocycles. The Morgan fingerprint density at radius 2 is 1.50 bits per heavy atom. The van der Waals surface area contributed by atoms with Gasteiger partial charge in [-0.25, -0.2) is 5.43 Å². The molecule has 2 amide bonds. The molecule has 0 atom stereocenters. The molecule has 0 aliphatic rings. The number of carbonyl (C=O) groups excluding carboxylic acids is 2. The number of carbonyl (C=O) groups is 2. The van der Waals surface area contributed by atoms with Crippen molar-refractivity contribution in [3.63, 3.8) is 0 Å². The number of hydrogen-bond acceptors (Lipinski definition) is 3. The normalized spacial score (nSPS) is 11.1. The summed E-state index contributed by atoms with van der Waals surface area (Å²) in [5, 5.41) is 8.18. The van der Waals surface area contributed by atoms with Crippen LogP contribution in [0.1, 0.15) is 33.2 Å². The predicted molar refractivity (Wildman–Crippen MR) is 122 cm³/mol. The van der Waals surface area contributed by atoms with Gasteiger partial charge >= 0.3 is 0 Å². The van der Waals surface area contributed by atoms with Crippen molar-refractivity contribution in [1.29, 1.82) is 0 Å². The molecule has 0 aromatic heterocycles. The first-order chi connectivity index (χ1) is 14.3. The third-order valence-corrected chi connectivity index (χ3v) is 4.95. The molecular formula is C22H16Cl3N3O2. The van der Waals surface area contributed by atoms with Gasteiger partial charge in [0.15, 0.2) is 0 Å². The highest BCUT2D eigenvalue weighted by atomic mass is 35.5. The van der Waals surface area contributed by atoms with Crippen LogP contribution in [-0.4, -0.2) is 17.5 Å². The zero-order valence-electron chi connectivity index (χ0n) is 15.7. The van der Waals surface area contributed by atoms with E-state index in [-0.39, 0.29) is 16.8 Å². The summed E-state index contributed by atoms with van der Waals surface area (Å²) in [4.78, 5) is 24.7. The van der Waals surface area contributed by atoms with Crippen LogP contribution in [0.4, 0.5) is 5.69 Å². The van der Waals surface area contributed by atoms with Gasteiger partial charge in [0, 0.05) is 21.3 Å². The van der Waals surface area contributed by atoms with Gasteiger partial charge in [0.1, 0.15) is 0 Å². The van der Waals surface area contributed by atoms with Gasteiger partial charge in [0.2, 0.25) is 0 Å². The third-order valence-electron chi connectivity index (χ3n) is 4.15. The number of amides is 2. The Hall–Kier alpha value is -2.86. The maximum atomic E-state index is 12.5. The lowest BCUT2D eigenvalue weighted by atomic mass is 10.1. The van der Waals surface area contributed by atoms with E-state index in [1.807, 2.05) is 6.07 Å². The minimum absolute atomic E-state index is 0.263. The molecule has 30 heavy (non-hydrogen) atoms. The fourth-order valence-electron chi connectivity index (χ4n) is 2.56. The third kappa shape index (κ3) is 5.60. The first-order valence-electron chi connectivity index (χ1n) is 8.80. The number of hydrazone groups is 1. The van der Waals surface area contributed by atoms with Crippen LogP contribution in [0.5, 0.6) is 0 Å². The molecule has 0 aliphatic heterocycles. The molecule has 0 heterocycles. The zero-order chi connectivity index (χ0) is 21.7. The number of nitrogens with zero attached hydrogens (tertiary/aromatic N) is 1. The smallest absolute Gasteiger partial charge is 0.271 e. The van der Waals surface area contributed by atoms with Crippen LogP contribution >= 0.6 is 34.8 Å². The van der Waals surface area contributed by atoms with Crippen molar-refractivity contribution < 1.29 is 9.59 Å². The van der Waals surface area contributed by atoms with Crippen molar-refractivity contribution in [2.75, 3.05) is 5.32 Å². The minimum Gasteiger partial charge on any atom is -0.322 e. The van der Waals surface area contributed by atoms with Crippen molar-refractivity contribution in [2.24, 2.45) is 5.10 Å². The standard InChI is InChI=1S/C22H16Cl3N3O2/c1-13(27-28-21(29)14-5-7-16(23)8-6-14)15-3-2-4-18(11-15)26-22(30)19-10-9-17(24)12-20(19)25/h2-12H,1H3,(H,26,30)(H,28,29)/b27-13+. The van der Waals surface area contributed by atoms with Crippen molar-refractivity contribution >= 4 is 58.0 Å². The van der Waals surface area contributed by atoms with Crippen LogP contribution in [0, 0.1) is 0 Å². The van der Waals surface area contributed by atoms with Crippen LogP contribution < -0.4 is 10.7 Å². The summed E-state index contributed by atoms with van der Waals surface area (Å²) in [6, 6.07) is 18.2. The second-order valence-electron chi connectivity index (χ2n) is 6.30. The van der Waals surface area contributed by atoms with E-state index >= 15 is 0 Å². The van der Waals surface area contributed by atoms with Gasteiger partial charge in [-0.2, -0.15) is 5.10 Å². The van der Waals surface area contributed by atoms with Crippen LogP contribution in [0.3, 0.4) is 0 Å². The summed E-state index contributed by atoms with van der Waals surface area (Å²) in [5.74, 6) is -0.715. The highest BCUT2D eigenvalue weighted by Gasteiger charge is 2.12. The van der Waals surface area contributed by atoms with Gasteiger partial charge in [0.25, 0.3) is 11.8 Å². The summed E-state index contributed by atoms with van der Waals surface area (Å²) in [6.45, 7) is 1.75. The van der Waals surface area contributed by atoms with Gasteiger partial charge in [-0.15, -0.1) is 0 Å². The number of anilines is 1. The zero-order valence-corrected chi connectivity index (χ0v) is 18.0. The monoisotopic (exact) mass is 459 g/mol. The van der Waals surface area contributed by atoms with E-state index in [4.69, 9.17) is 34.8 Å². The van der Waals surface area contributed by atoms with Gasteiger partial charge in [-0.05, 0) is 67.1 Å². The van der Waals surface area contributed by atoms with Crippen LogP contribution in [0.25, 0.3) is 0 Å². The molecule has 3 aromatic carbocycles. The quantitative estimate of drug-likeness (QED) is 0.359. The Labute approximate surface area is 188 Å². The lowest BCUT2D eigenvalue weighted by Gasteiger charge is -2.09. The number of halogens is 3. The fourth-order valence-corrected chi connectivity index (χ4v) is 3.18. The van der Waals surface area contributed by atoms with Crippen LogP contribution in [0.2, 0.25) is 15.1 Å². The largest absolute Gasteiger partial charge is 0.322 e. The Morgan fingerprint density at radius 1 is 0.800 bits per heavy atom. The highest BCUT2D eigenvalue weighted by molar-refractivity contribution is 6.37. The molecule has 0 spiro atoms. The number of rotatable bonds is 5. The predicted octanol–water partition coefficient (Wildman–Crippen LogP) is 6.05. The van der Waals surface area contributed by atoms with Crippen molar-refractivity contribution in [3.8, 4) is 0 Å². The van der Waals surface area contributed by atoms with Crippen LogP contribution in [-0.2, 0) is 0 Å². The maximum absolute atomic E-state index is 12.5. The molecule has 3 aromatic rings. The number of benzene rings is 3. The molecule has 152 valence electrons. The maximum Gasteiger partial charge on any atom is 0.271 e. The summed E-state index contributed by atoms with van der Waals surface area (Å²) in [7, 11) is 0. The van der Waals surface area contributed by atoms with Crippen molar-refractivity contribution in [3.05, 3.63) is 98.5 Å². The average Bonchev–Trinajstić information content (AvgIpc) is 2.72. The van der Waals surface area contributed by atoms with Gasteiger partial charge in [-0.3, -0.25) is 9.59 Å². The SMILES string of the molecule is C/C(=N\NC(=O)c1ccc(Cl)cc1)c1cccc(NC(=O)c2ccc(Cl)cc2Cl)c1. The molecule has 0 saturated heterocycles. The van der Waals surface area contributed by atoms with E-state index in [1.165, 1.54) is 6.07 Å². The Bertz CT molecular complexity index is 1130. The van der Waals surface area contributed by atoms with Crippen molar-refractivity contribution in [1.82, 2.24) is 5.43 Å². The van der Waals surface area contributed by atoms with E-state index < -0.39 is 0 Å². The molecule has 8 heteroatoms. The van der Waals surface area contributed by atoms with Crippen LogP contribution in [0.15, 0.2) is 71.8 Å². The molecular weight excluding hydrogens is 445 g/mol. The van der Waals surface area contributed by atoms with Gasteiger partial charge in [-0.1, -0.05) is 46.9 Å². The lowest BCUT2D eigenvalue weighted by Crippen LogP contribution is -2.19. The summed E-state index contributed by atoms with van der Waals surface area (Å²) in [6.07, 6.45) is 0. The summed E-state index contributed by atoms with van der Waals surface area (Å²) < 4.78 is 0. The topological polar surface area (TPSA) is 70.6 Å². The minimum atomic E-state index is -0.362. The summed E-state index contributed by atoms with van der Waals surface area (Å²) in [5.41, 5.74) is 5.11. The average molecular weight is 461 g/mol. The molecule has 0 bridgehead atoms. The molecule has 0 radical (unpaired) electrons. The molecule has 0 saturated carbocycles. The first-order valence-corrected chi connectivity index (χ1v) is 9.94. The Kier molecular flexibility index (Phi) is 7.11. The first kappa shape index (κ1) is 21.8. The Balaban J connectivity index is 1.70. The second-order valence-corrected chi connectivity index (χ2v) is 7.58. The number of nitrogens with one attached hydrogen (secondary N) is 2. The number of hydrogen-bond donors (Lipinski definition) is 2. The molecule has 2 N–H and O–H groups in total. The van der Waals surface area contributed by atoms with E-state index in [0.29, 0.717) is 32.6 Å². The van der Waals surface area contributed by atoms with E-state index in [1.54, 1.807) is 61.5 Å². The van der Waals surface area contributed by atoms with E-state index in [0.717, 1.165) is 5.56 Å². The molecule has 3 rings (SSSR count). The summed E-state index contributed by atoms with van der Waals surface area (Å²) >= 11 is 17.8. The molecule has 0 fully saturated rings. The van der Waals surface area contributed by atoms with Crippen molar-refractivity contribution in [2.45, 2.75) is 6.92 Å². The fraction of sp³-hybridized carbons (Fsp3) is 0.0455. The molecule has 0 unspecified atom stereocenters. The lowest BCUT2D eigenvalue weighted by molar-refractivity contribution is 0.0954. The van der Waals surface area contributed by atoms with Gasteiger partial charge < -0.3 is 5.32 Å². The highest BCUT2D eigenvalue weighted by Crippen LogP contribution is 2.22.